The average Bonchev–Trinajstić information content (AvgIpc) is 3.64. The van der Waals surface area contributed by atoms with Crippen molar-refractivity contribution in [2.24, 2.45) is 0 Å². The maximum absolute atomic E-state index is 2.56. The van der Waals surface area contributed by atoms with Gasteiger partial charge in [0.2, 0.25) is 0 Å². The van der Waals surface area contributed by atoms with Gasteiger partial charge in [-0.05, 0) is 138 Å². The number of fused-ring (bicyclic) bond motifs is 4. The second-order valence-corrected chi connectivity index (χ2v) is 19.1. The van der Waals surface area contributed by atoms with Crippen LogP contribution in [0.2, 0.25) is 0 Å². The molecule has 310 valence electrons. The summed E-state index contributed by atoms with van der Waals surface area (Å²) in [4.78, 5) is 2.53. The molecule has 0 N–H and O–H groups in total. The molecule has 1 nitrogen and oxygen atoms in total. The van der Waals surface area contributed by atoms with Crippen molar-refractivity contribution in [2.75, 3.05) is 4.90 Å². The van der Waals surface area contributed by atoms with E-state index in [1.165, 1.54) is 84.3 Å². The van der Waals surface area contributed by atoms with E-state index < -0.39 is 5.41 Å². The number of para-hydroxylation sites is 1. The molecule has 2 aliphatic carbocycles. The molecular weight excluding hydrogens is 771 g/mol. The van der Waals surface area contributed by atoms with Gasteiger partial charge in [-0.3, -0.25) is 0 Å². The molecule has 0 unspecified atom stereocenters. The number of hydrogen-bond acceptors (Lipinski definition) is 1. The van der Waals surface area contributed by atoms with Crippen LogP contribution in [0.25, 0.3) is 44.5 Å². The lowest BCUT2D eigenvalue weighted by molar-refractivity contribution is 0.332. The zero-order chi connectivity index (χ0) is 43.5. The van der Waals surface area contributed by atoms with Crippen LogP contribution in [0.15, 0.2) is 224 Å². The Balaban J connectivity index is 1.28. The molecule has 0 spiro atoms. The Hall–Kier alpha value is -7.22. The van der Waals surface area contributed by atoms with E-state index in [0.29, 0.717) is 0 Å². The fourth-order valence-corrected chi connectivity index (χ4v) is 11.0. The van der Waals surface area contributed by atoms with Gasteiger partial charge in [0.05, 0.1) is 11.1 Å². The summed E-state index contributed by atoms with van der Waals surface area (Å²) in [7, 11) is 0. The number of benzene rings is 9. The molecule has 0 saturated heterocycles. The molecule has 0 amide bonds. The quantitative estimate of drug-likeness (QED) is 0.148. The van der Waals surface area contributed by atoms with E-state index in [1.807, 2.05) is 0 Å². The summed E-state index contributed by atoms with van der Waals surface area (Å²) in [5.41, 5.74) is 20.7. The van der Waals surface area contributed by atoms with Crippen LogP contribution in [0.4, 0.5) is 17.1 Å². The molecule has 0 saturated carbocycles. The average molecular weight is 824 g/mol. The lowest BCUT2D eigenvalue weighted by atomic mass is 9.63. The smallest absolute Gasteiger partial charge is 0.0714 e. The van der Waals surface area contributed by atoms with Crippen molar-refractivity contribution in [3.05, 3.63) is 258 Å². The van der Waals surface area contributed by atoms with Crippen LogP contribution in [0.3, 0.4) is 0 Å². The first-order valence-corrected chi connectivity index (χ1v) is 22.9. The number of anilines is 3. The summed E-state index contributed by atoms with van der Waals surface area (Å²) >= 11 is 0. The minimum Gasteiger partial charge on any atom is -0.310 e. The summed E-state index contributed by atoms with van der Waals surface area (Å²) in [6.45, 7) is 9.73. The molecule has 64 heavy (non-hydrogen) atoms. The van der Waals surface area contributed by atoms with Gasteiger partial charge in [0, 0.05) is 16.9 Å². The van der Waals surface area contributed by atoms with Gasteiger partial charge >= 0.3 is 0 Å². The molecule has 0 radical (unpaired) electrons. The van der Waals surface area contributed by atoms with Gasteiger partial charge < -0.3 is 4.90 Å². The molecule has 9 aromatic rings. The van der Waals surface area contributed by atoms with Crippen molar-refractivity contribution in [3.63, 3.8) is 0 Å². The van der Waals surface area contributed by atoms with E-state index in [0.717, 1.165) is 23.5 Å². The van der Waals surface area contributed by atoms with Gasteiger partial charge in [0.25, 0.3) is 0 Å². The summed E-state index contributed by atoms with van der Waals surface area (Å²) in [5, 5.41) is 0. The van der Waals surface area contributed by atoms with Crippen molar-refractivity contribution in [1.29, 1.82) is 0 Å². The van der Waals surface area contributed by atoms with Crippen LogP contribution in [-0.4, -0.2) is 0 Å². The first-order chi connectivity index (χ1) is 31.2. The van der Waals surface area contributed by atoms with E-state index in [-0.39, 0.29) is 10.8 Å². The Labute approximate surface area is 379 Å². The third-order valence-corrected chi connectivity index (χ3v) is 14.4. The van der Waals surface area contributed by atoms with Crippen molar-refractivity contribution in [1.82, 2.24) is 0 Å². The molecule has 0 bridgehead atoms. The second-order valence-electron chi connectivity index (χ2n) is 19.1. The highest BCUT2D eigenvalue weighted by Gasteiger charge is 2.47. The third-order valence-electron chi connectivity index (χ3n) is 14.4. The minimum atomic E-state index is -0.562. The highest BCUT2D eigenvalue weighted by Crippen LogP contribution is 2.59. The van der Waals surface area contributed by atoms with Crippen LogP contribution in [0, 0.1) is 0 Å². The Kier molecular flexibility index (Phi) is 9.62. The van der Waals surface area contributed by atoms with Crippen molar-refractivity contribution < 1.29 is 0 Å². The van der Waals surface area contributed by atoms with E-state index >= 15 is 0 Å². The lowest BCUT2D eigenvalue weighted by Crippen LogP contribution is -2.33. The Bertz CT molecular complexity index is 3030. The highest BCUT2D eigenvalue weighted by atomic mass is 15.1. The van der Waals surface area contributed by atoms with Crippen LogP contribution < -0.4 is 4.90 Å². The van der Waals surface area contributed by atoms with Crippen LogP contribution >= 0.6 is 0 Å². The zero-order valence-corrected chi connectivity index (χ0v) is 37.2. The summed E-state index contributed by atoms with van der Waals surface area (Å²) in [6.07, 6.45) is 2.33. The molecule has 9 aromatic carbocycles. The van der Waals surface area contributed by atoms with Gasteiger partial charge in [-0.25, -0.2) is 0 Å². The number of nitrogens with zero attached hydrogens (tertiary/aromatic N) is 1. The number of rotatable bonds is 8. The SMILES string of the molecule is CC1(C)CCC(C)(C)c2cc(-c3cc4c(cc3N(c3ccccc3)c3cc(-c5ccccc5)cc(-c5ccccc5)c3)C(c3ccccc3)(c3ccccc3)c3ccccc3-4)ccc21. The second kappa shape index (κ2) is 15.5. The van der Waals surface area contributed by atoms with Gasteiger partial charge in [-0.15, -0.1) is 0 Å². The standard InChI is InChI=1S/C63H53N/c1-61(2)36-37-62(3,4)59-41-46(34-35-57(59)61)54-42-55-53-32-20-21-33-56(53)63(49-26-14-7-15-27-49,50-28-16-8-17-29-50)58(55)43-60(54)64(51-30-18-9-19-31-51)52-39-47(44-22-10-5-11-23-44)38-48(40-52)45-24-12-6-13-25-45/h5-35,38-43H,36-37H2,1-4H3. The van der Waals surface area contributed by atoms with Gasteiger partial charge in [0.15, 0.2) is 0 Å². The van der Waals surface area contributed by atoms with E-state index in [1.54, 1.807) is 0 Å². The third kappa shape index (κ3) is 6.53. The maximum Gasteiger partial charge on any atom is 0.0714 e. The van der Waals surface area contributed by atoms with Crippen LogP contribution in [0.1, 0.15) is 73.9 Å². The van der Waals surface area contributed by atoms with Crippen molar-refractivity contribution in [3.8, 4) is 44.5 Å². The molecule has 0 aromatic heterocycles. The Morgan fingerprint density at radius 1 is 0.312 bits per heavy atom. The van der Waals surface area contributed by atoms with Gasteiger partial charge in [0.1, 0.15) is 0 Å². The first-order valence-electron chi connectivity index (χ1n) is 22.9. The Morgan fingerprint density at radius 3 is 1.39 bits per heavy atom. The van der Waals surface area contributed by atoms with Crippen molar-refractivity contribution >= 4 is 17.1 Å². The summed E-state index contributed by atoms with van der Waals surface area (Å²) in [5.74, 6) is 0. The largest absolute Gasteiger partial charge is 0.310 e. The zero-order valence-electron chi connectivity index (χ0n) is 37.2. The molecule has 0 heterocycles. The predicted octanol–water partition coefficient (Wildman–Crippen LogP) is 16.9. The van der Waals surface area contributed by atoms with Gasteiger partial charge in [-0.2, -0.15) is 0 Å². The van der Waals surface area contributed by atoms with E-state index in [9.17, 15) is 0 Å². The summed E-state index contributed by atoms with van der Waals surface area (Å²) in [6, 6.07) is 83.8. The normalized spacial score (nSPS) is 15.1. The molecule has 0 fully saturated rings. The fourth-order valence-electron chi connectivity index (χ4n) is 11.0. The lowest BCUT2D eigenvalue weighted by Gasteiger charge is -2.42. The van der Waals surface area contributed by atoms with Gasteiger partial charge in [-0.1, -0.05) is 210 Å². The predicted molar refractivity (Wildman–Crippen MR) is 270 cm³/mol. The Morgan fingerprint density at radius 2 is 0.812 bits per heavy atom. The molecular formula is C63H53N. The molecule has 11 rings (SSSR count). The fraction of sp³-hybridized carbons (Fsp3) is 0.143. The highest BCUT2D eigenvalue weighted by molar-refractivity contribution is 5.97. The van der Waals surface area contributed by atoms with E-state index in [2.05, 4.69) is 257 Å². The molecule has 0 aliphatic heterocycles. The first kappa shape index (κ1) is 39.6. The number of hydrogen-bond donors (Lipinski definition) is 0. The van der Waals surface area contributed by atoms with Crippen LogP contribution in [-0.2, 0) is 16.2 Å². The van der Waals surface area contributed by atoms with E-state index in [4.69, 9.17) is 0 Å². The van der Waals surface area contributed by atoms with Crippen molar-refractivity contribution in [2.45, 2.75) is 56.8 Å². The monoisotopic (exact) mass is 823 g/mol. The molecule has 1 heteroatoms. The maximum atomic E-state index is 2.56. The molecule has 2 aliphatic rings. The van der Waals surface area contributed by atoms with Crippen LogP contribution in [0.5, 0.6) is 0 Å². The topological polar surface area (TPSA) is 3.24 Å². The minimum absolute atomic E-state index is 0.0494. The summed E-state index contributed by atoms with van der Waals surface area (Å²) < 4.78 is 0. The molecule has 0 atom stereocenters.